The van der Waals surface area contributed by atoms with Crippen LogP contribution in [0.15, 0.2) is 18.2 Å². The van der Waals surface area contributed by atoms with Crippen molar-refractivity contribution in [1.29, 1.82) is 5.26 Å². The first kappa shape index (κ1) is 17.0. The first-order valence-corrected chi connectivity index (χ1v) is 6.80. The van der Waals surface area contributed by atoms with E-state index >= 15 is 0 Å². The van der Waals surface area contributed by atoms with Gasteiger partial charge in [-0.1, -0.05) is 11.6 Å². The molecule has 6 heteroatoms. The van der Waals surface area contributed by atoms with E-state index in [4.69, 9.17) is 21.6 Å². The number of rotatable bonds is 4. The van der Waals surface area contributed by atoms with Gasteiger partial charge in [-0.2, -0.15) is 5.26 Å². The number of hydrogen-bond donors (Lipinski definition) is 1. The van der Waals surface area contributed by atoms with Gasteiger partial charge in [-0.3, -0.25) is 9.59 Å². The minimum Gasteiger partial charge on any atom is -0.460 e. The molecule has 0 aliphatic heterocycles. The standard InChI is InChI=1S/C15H17ClN2O3/c1-15(2,3)21-14(20)7-6-13(19)18-12-8-10(9-17)4-5-11(12)16/h4-5,8H,6-7H2,1-3H3,(H,18,19). The topological polar surface area (TPSA) is 79.2 Å². The zero-order valence-corrected chi connectivity index (χ0v) is 13.0. The van der Waals surface area contributed by atoms with Crippen LogP contribution < -0.4 is 5.32 Å². The highest BCUT2D eigenvalue weighted by atomic mass is 35.5. The summed E-state index contributed by atoms with van der Waals surface area (Å²) >= 11 is 5.93. The van der Waals surface area contributed by atoms with Gasteiger partial charge in [-0.25, -0.2) is 0 Å². The number of ether oxygens (including phenoxy) is 1. The number of carbonyl (C=O) groups excluding carboxylic acids is 2. The van der Waals surface area contributed by atoms with Gasteiger partial charge in [0.1, 0.15) is 5.60 Å². The Bertz CT molecular complexity index is 586. The van der Waals surface area contributed by atoms with Gasteiger partial charge in [-0.05, 0) is 39.0 Å². The van der Waals surface area contributed by atoms with E-state index in [-0.39, 0.29) is 18.7 Å². The summed E-state index contributed by atoms with van der Waals surface area (Å²) in [6.45, 7) is 5.29. The van der Waals surface area contributed by atoms with Gasteiger partial charge in [0, 0.05) is 6.42 Å². The summed E-state index contributed by atoms with van der Waals surface area (Å²) in [5.74, 6) is -0.799. The molecule has 0 bridgehead atoms. The zero-order chi connectivity index (χ0) is 16.0. The number of benzene rings is 1. The van der Waals surface area contributed by atoms with Gasteiger partial charge in [0.05, 0.1) is 28.8 Å². The van der Waals surface area contributed by atoms with Crippen molar-refractivity contribution < 1.29 is 14.3 Å². The van der Waals surface area contributed by atoms with Gasteiger partial charge < -0.3 is 10.1 Å². The molecule has 0 saturated heterocycles. The number of esters is 1. The SMILES string of the molecule is CC(C)(C)OC(=O)CCC(=O)Nc1cc(C#N)ccc1Cl. The quantitative estimate of drug-likeness (QED) is 0.866. The van der Waals surface area contributed by atoms with Crippen molar-refractivity contribution in [3.05, 3.63) is 28.8 Å². The Morgan fingerprint density at radius 1 is 1.33 bits per heavy atom. The van der Waals surface area contributed by atoms with E-state index in [1.54, 1.807) is 26.8 Å². The molecule has 5 nitrogen and oxygen atoms in total. The molecular weight excluding hydrogens is 292 g/mol. The van der Waals surface area contributed by atoms with Gasteiger partial charge in [0.2, 0.25) is 5.91 Å². The lowest BCUT2D eigenvalue weighted by molar-refractivity contribution is -0.155. The van der Waals surface area contributed by atoms with Gasteiger partial charge in [0.25, 0.3) is 0 Å². The smallest absolute Gasteiger partial charge is 0.306 e. The summed E-state index contributed by atoms with van der Waals surface area (Å²) in [7, 11) is 0. The minimum absolute atomic E-state index is 0.0119. The lowest BCUT2D eigenvalue weighted by Gasteiger charge is -2.19. The largest absolute Gasteiger partial charge is 0.460 e. The fraction of sp³-hybridized carbons (Fsp3) is 0.400. The number of anilines is 1. The van der Waals surface area contributed by atoms with E-state index in [9.17, 15) is 9.59 Å². The van der Waals surface area contributed by atoms with Crippen LogP contribution in [-0.2, 0) is 14.3 Å². The second-order valence-electron chi connectivity index (χ2n) is 5.44. The van der Waals surface area contributed by atoms with E-state index in [2.05, 4.69) is 5.32 Å². The van der Waals surface area contributed by atoms with Crippen LogP contribution in [0.1, 0.15) is 39.2 Å². The van der Waals surface area contributed by atoms with Crippen molar-refractivity contribution in [3.63, 3.8) is 0 Å². The maximum atomic E-state index is 11.8. The third kappa shape index (κ3) is 6.28. The fourth-order valence-corrected chi connectivity index (χ4v) is 1.68. The molecule has 0 aliphatic carbocycles. The molecule has 21 heavy (non-hydrogen) atoms. The van der Waals surface area contributed by atoms with Crippen LogP contribution in [0, 0.1) is 11.3 Å². The maximum Gasteiger partial charge on any atom is 0.306 e. The predicted octanol–water partition coefficient (Wildman–Crippen LogP) is 3.27. The predicted molar refractivity (Wildman–Crippen MR) is 79.9 cm³/mol. The molecule has 0 aromatic heterocycles. The number of nitriles is 1. The van der Waals surface area contributed by atoms with Crippen LogP contribution >= 0.6 is 11.6 Å². The number of nitrogens with one attached hydrogen (secondary N) is 1. The zero-order valence-electron chi connectivity index (χ0n) is 12.2. The third-order valence-corrected chi connectivity index (χ3v) is 2.68. The molecule has 1 amide bonds. The molecule has 0 heterocycles. The van der Waals surface area contributed by atoms with E-state index in [0.29, 0.717) is 16.3 Å². The molecule has 0 aliphatic rings. The van der Waals surface area contributed by atoms with E-state index in [1.807, 2.05) is 6.07 Å². The molecule has 1 rings (SSSR count). The van der Waals surface area contributed by atoms with Crippen LogP contribution in [0.3, 0.4) is 0 Å². The molecule has 0 unspecified atom stereocenters. The van der Waals surface area contributed by atoms with E-state index < -0.39 is 11.6 Å². The molecule has 0 saturated carbocycles. The van der Waals surface area contributed by atoms with Crippen molar-refractivity contribution in [2.75, 3.05) is 5.32 Å². The average molecular weight is 309 g/mol. The molecule has 1 N–H and O–H groups in total. The lowest BCUT2D eigenvalue weighted by Crippen LogP contribution is -2.24. The molecule has 0 spiro atoms. The highest BCUT2D eigenvalue weighted by molar-refractivity contribution is 6.33. The molecule has 1 aromatic rings. The number of amides is 1. The Labute approximate surface area is 128 Å². The monoisotopic (exact) mass is 308 g/mol. The summed E-state index contributed by atoms with van der Waals surface area (Å²) in [4.78, 5) is 23.3. The summed E-state index contributed by atoms with van der Waals surface area (Å²) in [6, 6.07) is 6.53. The summed E-state index contributed by atoms with van der Waals surface area (Å²) < 4.78 is 5.11. The molecule has 0 atom stereocenters. The summed E-state index contributed by atoms with van der Waals surface area (Å²) in [5, 5.41) is 11.7. The highest BCUT2D eigenvalue weighted by Crippen LogP contribution is 2.23. The Morgan fingerprint density at radius 3 is 2.57 bits per heavy atom. The van der Waals surface area contributed by atoms with Crippen molar-refractivity contribution in [2.45, 2.75) is 39.2 Å². The average Bonchev–Trinajstić information content (AvgIpc) is 2.37. The third-order valence-electron chi connectivity index (χ3n) is 2.35. The normalized spacial score (nSPS) is 10.6. The van der Waals surface area contributed by atoms with Crippen molar-refractivity contribution in [1.82, 2.24) is 0 Å². The first-order valence-electron chi connectivity index (χ1n) is 6.42. The molecular formula is C15H17ClN2O3. The van der Waals surface area contributed by atoms with Crippen molar-refractivity contribution >= 4 is 29.2 Å². The molecule has 0 radical (unpaired) electrons. The first-order chi connectivity index (χ1) is 9.71. The van der Waals surface area contributed by atoms with Crippen molar-refractivity contribution in [2.24, 2.45) is 0 Å². The van der Waals surface area contributed by atoms with Crippen LogP contribution in [0.2, 0.25) is 5.02 Å². The summed E-state index contributed by atoms with van der Waals surface area (Å²) in [5.41, 5.74) is 0.171. The minimum atomic E-state index is -0.571. The van der Waals surface area contributed by atoms with E-state index in [0.717, 1.165) is 0 Å². The highest BCUT2D eigenvalue weighted by Gasteiger charge is 2.17. The van der Waals surface area contributed by atoms with Crippen LogP contribution in [0.4, 0.5) is 5.69 Å². The Hall–Kier alpha value is -2.06. The van der Waals surface area contributed by atoms with Crippen molar-refractivity contribution in [3.8, 4) is 6.07 Å². The molecule has 112 valence electrons. The van der Waals surface area contributed by atoms with E-state index in [1.165, 1.54) is 12.1 Å². The number of halogens is 1. The Morgan fingerprint density at radius 2 is 2.00 bits per heavy atom. The Kier molecular flexibility index (Phi) is 5.74. The van der Waals surface area contributed by atoms with Crippen LogP contribution in [0.25, 0.3) is 0 Å². The second-order valence-corrected chi connectivity index (χ2v) is 5.85. The van der Waals surface area contributed by atoms with Gasteiger partial charge in [0.15, 0.2) is 0 Å². The number of carbonyl (C=O) groups is 2. The number of nitrogens with zero attached hydrogens (tertiary/aromatic N) is 1. The van der Waals surface area contributed by atoms with Gasteiger partial charge in [-0.15, -0.1) is 0 Å². The van der Waals surface area contributed by atoms with Crippen LogP contribution in [-0.4, -0.2) is 17.5 Å². The number of hydrogen-bond acceptors (Lipinski definition) is 4. The van der Waals surface area contributed by atoms with Crippen LogP contribution in [0.5, 0.6) is 0 Å². The maximum absolute atomic E-state index is 11.8. The molecule has 0 fully saturated rings. The second kappa shape index (κ2) is 7.09. The summed E-state index contributed by atoms with van der Waals surface area (Å²) in [6.07, 6.45) is -0.0271. The lowest BCUT2D eigenvalue weighted by atomic mass is 10.2. The van der Waals surface area contributed by atoms with Gasteiger partial charge >= 0.3 is 5.97 Å². The molecule has 1 aromatic carbocycles. The fourth-order valence-electron chi connectivity index (χ4n) is 1.51. The Balaban J connectivity index is 2.55.